The summed E-state index contributed by atoms with van der Waals surface area (Å²) >= 11 is 5.62. The molecule has 4 nitrogen and oxygen atoms in total. The normalized spacial score (nSPS) is 15.7. The third-order valence-corrected chi connectivity index (χ3v) is 4.55. The van der Waals surface area contributed by atoms with Crippen LogP contribution in [0, 0.1) is 0 Å². The Kier molecular flexibility index (Phi) is 4.37. The quantitative estimate of drug-likeness (QED) is 0.668. The minimum atomic E-state index is -3.47. The van der Waals surface area contributed by atoms with Crippen LogP contribution in [0.1, 0.15) is 25.7 Å². The first kappa shape index (κ1) is 13.5. The number of nitrogens with one attached hydrogen (secondary N) is 1. The molecule has 0 amide bonds. The van der Waals surface area contributed by atoms with Crippen LogP contribution >= 0.6 is 11.6 Å². The highest BCUT2D eigenvalue weighted by Gasteiger charge is 2.14. The summed E-state index contributed by atoms with van der Waals surface area (Å²) in [6.45, 7) is 0.427. The van der Waals surface area contributed by atoms with Crippen LogP contribution < -0.4 is 4.72 Å². The minimum absolute atomic E-state index is 0.146. The van der Waals surface area contributed by atoms with Gasteiger partial charge in [-0.25, -0.2) is 18.1 Å². The van der Waals surface area contributed by atoms with Gasteiger partial charge in [0.15, 0.2) is 0 Å². The molecule has 0 saturated carbocycles. The average molecular weight is 287 g/mol. The average Bonchev–Trinajstić information content (AvgIpc) is 2.82. The number of nitrogens with zero attached hydrogens (tertiary/aromatic N) is 1. The van der Waals surface area contributed by atoms with Crippen molar-refractivity contribution in [3.05, 3.63) is 35.1 Å². The number of rotatable bonds is 5. The van der Waals surface area contributed by atoms with Gasteiger partial charge in [0.05, 0.1) is 0 Å². The van der Waals surface area contributed by atoms with E-state index in [0.717, 1.165) is 19.3 Å². The van der Waals surface area contributed by atoms with Gasteiger partial charge in [-0.3, -0.25) is 0 Å². The van der Waals surface area contributed by atoms with Crippen molar-refractivity contribution in [1.82, 2.24) is 9.71 Å². The number of hydrogen-bond donors (Lipinski definition) is 1. The molecule has 2 rings (SSSR count). The minimum Gasteiger partial charge on any atom is -0.243 e. The Balaban J connectivity index is 1.92. The largest absolute Gasteiger partial charge is 0.243 e. The highest BCUT2D eigenvalue weighted by atomic mass is 35.5. The van der Waals surface area contributed by atoms with Crippen molar-refractivity contribution in [3.8, 4) is 0 Å². The maximum atomic E-state index is 11.9. The molecule has 0 saturated heterocycles. The Morgan fingerprint density at radius 1 is 1.39 bits per heavy atom. The van der Waals surface area contributed by atoms with Crippen molar-refractivity contribution in [2.75, 3.05) is 6.54 Å². The Hall–Kier alpha value is -0.910. The van der Waals surface area contributed by atoms with Gasteiger partial charge in [0, 0.05) is 12.7 Å². The van der Waals surface area contributed by atoms with Gasteiger partial charge in [-0.15, -0.1) is 0 Å². The number of sulfonamides is 1. The van der Waals surface area contributed by atoms with Crippen LogP contribution in [0.3, 0.4) is 0 Å². The van der Waals surface area contributed by atoms with E-state index in [1.165, 1.54) is 30.3 Å². The number of allylic oxidation sites excluding steroid dienone is 1. The zero-order valence-corrected chi connectivity index (χ0v) is 11.5. The zero-order chi connectivity index (χ0) is 13.0. The number of pyridine rings is 1. The topological polar surface area (TPSA) is 59.1 Å². The lowest BCUT2D eigenvalue weighted by Crippen LogP contribution is -2.25. The third kappa shape index (κ3) is 3.54. The summed E-state index contributed by atoms with van der Waals surface area (Å²) in [5.41, 5.74) is 1.34. The molecular formula is C12H15ClN2O2S. The molecule has 0 aromatic carbocycles. The molecule has 1 heterocycles. The molecule has 0 fully saturated rings. The van der Waals surface area contributed by atoms with Crippen molar-refractivity contribution in [3.63, 3.8) is 0 Å². The highest BCUT2D eigenvalue weighted by Crippen LogP contribution is 2.20. The Labute approximate surface area is 112 Å². The molecule has 0 unspecified atom stereocenters. The monoisotopic (exact) mass is 286 g/mol. The second-order valence-electron chi connectivity index (χ2n) is 4.22. The molecule has 98 valence electrons. The molecule has 1 aromatic heterocycles. The Morgan fingerprint density at radius 2 is 2.22 bits per heavy atom. The molecule has 0 bridgehead atoms. The summed E-state index contributed by atoms with van der Waals surface area (Å²) in [7, 11) is -3.47. The summed E-state index contributed by atoms with van der Waals surface area (Å²) in [5, 5.41) is 0.282. The Bertz CT molecular complexity index is 538. The van der Waals surface area contributed by atoms with E-state index in [1.54, 1.807) is 0 Å². The molecule has 0 spiro atoms. The van der Waals surface area contributed by atoms with Crippen LogP contribution in [-0.4, -0.2) is 19.9 Å². The van der Waals surface area contributed by atoms with Gasteiger partial charge in [-0.1, -0.05) is 23.3 Å². The van der Waals surface area contributed by atoms with Gasteiger partial charge < -0.3 is 0 Å². The lowest BCUT2D eigenvalue weighted by Gasteiger charge is -2.06. The Morgan fingerprint density at radius 3 is 2.83 bits per heavy atom. The van der Waals surface area contributed by atoms with Gasteiger partial charge in [0.25, 0.3) is 0 Å². The van der Waals surface area contributed by atoms with Crippen molar-refractivity contribution in [1.29, 1.82) is 0 Å². The first-order valence-electron chi connectivity index (χ1n) is 5.87. The lowest BCUT2D eigenvalue weighted by molar-refractivity contribution is 0.580. The van der Waals surface area contributed by atoms with Crippen molar-refractivity contribution in [2.45, 2.75) is 30.6 Å². The molecule has 0 aliphatic heterocycles. The smallest absolute Gasteiger partial charge is 0.242 e. The van der Waals surface area contributed by atoms with E-state index in [0.29, 0.717) is 6.54 Å². The molecular weight excluding hydrogens is 272 g/mol. The van der Waals surface area contributed by atoms with Gasteiger partial charge in [-0.05, 0) is 37.8 Å². The zero-order valence-electron chi connectivity index (χ0n) is 9.89. The van der Waals surface area contributed by atoms with E-state index in [1.807, 2.05) is 0 Å². The predicted molar refractivity (Wildman–Crippen MR) is 71.0 cm³/mol. The number of aromatic nitrogens is 1. The third-order valence-electron chi connectivity index (χ3n) is 2.88. The van der Waals surface area contributed by atoms with Crippen LogP contribution in [0.5, 0.6) is 0 Å². The maximum absolute atomic E-state index is 11.9. The molecule has 1 aliphatic rings. The molecule has 18 heavy (non-hydrogen) atoms. The molecule has 0 atom stereocenters. The maximum Gasteiger partial charge on any atom is 0.242 e. The highest BCUT2D eigenvalue weighted by molar-refractivity contribution is 7.89. The number of hydrogen-bond acceptors (Lipinski definition) is 3. The second kappa shape index (κ2) is 5.82. The van der Waals surface area contributed by atoms with Crippen molar-refractivity contribution in [2.24, 2.45) is 0 Å². The van der Waals surface area contributed by atoms with E-state index in [-0.39, 0.29) is 10.0 Å². The van der Waals surface area contributed by atoms with Crippen molar-refractivity contribution < 1.29 is 8.42 Å². The van der Waals surface area contributed by atoms with Gasteiger partial charge in [-0.2, -0.15) is 0 Å². The molecule has 6 heteroatoms. The van der Waals surface area contributed by atoms with E-state index < -0.39 is 10.0 Å². The van der Waals surface area contributed by atoms with Crippen LogP contribution in [0.15, 0.2) is 34.9 Å². The van der Waals surface area contributed by atoms with Gasteiger partial charge in [0.2, 0.25) is 10.0 Å². The van der Waals surface area contributed by atoms with E-state index in [2.05, 4.69) is 15.8 Å². The van der Waals surface area contributed by atoms with E-state index in [9.17, 15) is 8.42 Å². The summed E-state index contributed by atoms with van der Waals surface area (Å²) < 4.78 is 26.4. The SMILES string of the molecule is O=S(=O)(NCCC1=CCCC1)c1ccc(Cl)nc1. The molecule has 1 aliphatic carbocycles. The van der Waals surface area contributed by atoms with Crippen LogP contribution in [0.2, 0.25) is 5.15 Å². The lowest BCUT2D eigenvalue weighted by atomic mass is 10.2. The fraction of sp³-hybridized carbons (Fsp3) is 0.417. The molecule has 0 radical (unpaired) electrons. The number of halogens is 1. The molecule has 1 aromatic rings. The summed E-state index contributed by atoms with van der Waals surface area (Å²) in [6.07, 6.45) is 7.62. The van der Waals surface area contributed by atoms with E-state index >= 15 is 0 Å². The summed E-state index contributed by atoms with van der Waals surface area (Å²) in [5.74, 6) is 0. The van der Waals surface area contributed by atoms with Gasteiger partial charge >= 0.3 is 0 Å². The summed E-state index contributed by atoms with van der Waals surface area (Å²) in [4.78, 5) is 3.91. The standard InChI is InChI=1S/C12H15ClN2O2S/c13-12-6-5-11(9-14-12)18(16,17)15-8-7-10-3-1-2-4-10/h3,5-6,9,15H,1-2,4,7-8H2. The van der Waals surface area contributed by atoms with Gasteiger partial charge in [0.1, 0.15) is 10.0 Å². The van der Waals surface area contributed by atoms with E-state index in [4.69, 9.17) is 11.6 Å². The first-order valence-corrected chi connectivity index (χ1v) is 7.73. The fourth-order valence-corrected chi connectivity index (χ4v) is 3.00. The molecule has 1 N–H and O–H groups in total. The van der Waals surface area contributed by atoms with Crippen molar-refractivity contribution >= 4 is 21.6 Å². The second-order valence-corrected chi connectivity index (χ2v) is 6.37. The first-order chi connectivity index (χ1) is 8.58. The predicted octanol–water partition coefficient (Wildman–Crippen LogP) is 2.51. The summed E-state index contributed by atoms with van der Waals surface area (Å²) in [6, 6.07) is 2.92. The fourth-order valence-electron chi connectivity index (χ4n) is 1.91. The van der Waals surface area contributed by atoms with Crippen LogP contribution in [0.4, 0.5) is 0 Å². The van der Waals surface area contributed by atoms with Crippen LogP contribution in [0.25, 0.3) is 0 Å². The van der Waals surface area contributed by atoms with Crippen LogP contribution in [-0.2, 0) is 10.0 Å².